The fraction of sp³-hybridized carbons (Fsp3) is 0.0625. The summed E-state index contributed by atoms with van der Waals surface area (Å²) in [5.41, 5.74) is 3.48. The number of carboxylic acid groups (broad SMARTS) is 1. The van der Waals surface area contributed by atoms with E-state index in [4.69, 9.17) is 5.11 Å². The van der Waals surface area contributed by atoms with E-state index in [-0.39, 0.29) is 5.91 Å². The highest BCUT2D eigenvalue weighted by atomic mass is 16.4. The molecule has 2 amide bonds. The number of rotatable bonds is 3. The van der Waals surface area contributed by atoms with Crippen molar-refractivity contribution in [2.45, 2.75) is 6.92 Å². The number of carbonyl (C=O) groups is 2. The Bertz CT molecular complexity index is 901. The maximum atomic E-state index is 11.1. The number of hydrogen-bond donors (Lipinski definition) is 4. The molecule has 0 spiro atoms. The van der Waals surface area contributed by atoms with Crippen molar-refractivity contribution >= 4 is 34.4 Å². The van der Waals surface area contributed by atoms with Gasteiger partial charge in [0, 0.05) is 29.3 Å². The summed E-state index contributed by atoms with van der Waals surface area (Å²) in [6.07, 6.45) is 0.315. The molecule has 1 aromatic carbocycles. The molecule has 2 heterocycles. The van der Waals surface area contributed by atoms with Gasteiger partial charge < -0.3 is 15.4 Å². The Morgan fingerprint density at radius 2 is 1.96 bits per heavy atom. The second kappa shape index (κ2) is 5.80. The van der Waals surface area contributed by atoms with Gasteiger partial charge in [0.1, 0.15) is 5.65 Å². The van der Waals surface area contributed by atoms with Crippen molar-refractivity contribution in [1.82, 2.24) is 9.97 Å². The van der Waals surface area contributed by atoms with Crippen LogP contribution in [0.4, 0.5) is 16.2 Å². The molecule has 3 rings (SSSR count). The van der Waals surface area contributed by atoms with E-state index in [0.29, 0.717) is 17.0 Å². The fourth-order valence-electron chi connectivity index (χ4n) is 2.33. The van der Waals surface area contributed by atoms with Gasteiger partial charge in [0.2, 0.25) is 5.91 Å². The Morgan fingerprint density at radius 1 is 1.13 bits per heavy atom. The van der Waals surface area contributed by atoms with E-state index in [1.807, 2.05) is 24.3 Å². The first-order chi connectivity index (χ1) is 11.0. The normalized spacial score (nSPS) is 10.5. The van der Waals surface area contributed by atoms with Gasteiger partial charge in [-0.1, -0.05) is 12.1 Å². The Kier molecular flexibility index (Phi) is 3.68. The number of nitrogens with zero attached hydrogens (tertiary/aromatic N) is 1. The number of benzene rings is 1. The van der Waals surface area contributed by atoms with Gasteiger partial charge in [-0.15, -0.1) is 0 Å². The number of anilines is 2. The molecule has 0 aliphatic heterocycles. The van der Waals surface area contributed by atoms with Crippen molar-refractivity contribution in [1.29, 1.82) is 0 Å². The summed E-state index contributed by atoms with van der Waals surface area (Å²) in [4.78, 5) is 29.2. The highest BCUT2D eigenvalue weighted by molar-refractivity contribution is 5.91. The van der Waals surface area contributed by atoms with E-state index in [0.717, 1.165) is 16.6 Å². The molecule has 7 heteroatoms. The van der Waals surface area contributed by atoms with Crippen molar-refractivity contribution in [3.05, 3.63) is 42.6 Å². The molecule has 116 valence electrons. The Labute approximate surface area is 131 Å². The van der Waals surface area contributed by atoms with Crippen molar-refractivity contribution in [2.24, 2.45) is 0 Å². The molecule has 4 N–H and O–H groups in total. The lowest BCUT2D eigenvalue weighted by Gasteiger charge is -2.04. The van der Waals surface area contributed by atoms with Crippen LogP contribution in [0.25, 0.3) is 22.3 Å². The Morgan fingerprint density at radius 3 is 2.70 bits per heavy atom. The third-order valence-corrected chi connectivity index (χ3v) is 3.22. The maximum Gasteiger partial charge on any atom is 0.409 e. The van der Waals surface area contributed by atoms with Crippen LogP contribution in [0, 0.1) is 0 Å². The van der Waals surface area contributed by atoms with E-state index in [1.54, 1.807) is 12.1 Å². The summed E-state index contributed by atoms with van der Waals surface area (Å²) in [5, 5.41) is 14.5. The van der Waals surface area contributed by atoms with Crippen LogP contribution in [0.5, 0.6) is 0 Å². The standard InChI is InChI=1S/C16H14N4O3/c1-9(21)18-12-4-2-3-10(5-12)14-7-11-6-13(19-16(22)23)8-17-15(11)20-14/h2-8,19H,1H3,(H,17,20)(H,18,21)(H,22,23). The summed E-state index contributed by atoms with van der Waals surface area (Å²) >= 11 is 0. The minimum Gasteiger partial charge on any atom is -0.465 e. The number of aromatic amines is 1. The molecule has 0 fully saturated rings. The van der Waals surface area contributed by atoms with Crippen molar-refractivity contribution < 1.29 is 14.7 Å². The van der Waals surface area contributed by atoms with Gasteiger partial charge in [-0.05, 0) is 24.3 Å². The van der Waals surface area contributed by atoms with E-state index in [1.165, 1.54) is 13.1 Å². The van der Waals surface area contributed by atoms with Gasteiger partial charge in [0.05, 0.1) is 11.9 Å². The molecule has 0 atom stereocenters. The lowest BCUT2D eigenvalue weighted by molar-refractivity contribution is -0.114. The van der Waals surface area contributed by atoms with Crippen LogP contribution in [0.2, 0.25) is 0 Å². The number of hydrogen-bond acceptors (Lipinski definition) is 3. The molecule has 0 saturated carbocycles. The van der Waals surface area contributed by atoms with Crippen molar-refractivity contribution in [3.8, 4) is 11.3 Å². The number of amides is 2. The molecule has 23 heavy (non-hydrogen) atoms. The molecule has 0 saturated heterocycles. The van der Waals surface area contributed by atoms with Gasteiger partial charge in [0.15, 0.2) is 0 Å². The largest absolute Gasteiger partial charge is 0.465 e. The Hall–Kier alpha value is -3.35. The van der Waals surface area contributed by atoms with Gasteiger partial charge in [0.25, 0.3) is 0 Å². The van der Waals surface area contributed by atoms with Gasteiger partial charge in [-0.3, -0.25) is 10.1 Å². The van der Waals surface area contributed by atoms with Crippen LogP contribution in [0.3, 0.4) is 0 Å². The first kappa shape index (κ1) is 14.6. The molecular weight excluding hydrogens is 296 g/mol. The van der Waals surface area contributed by atoms with Crippen LogP contribution in [0.1, 0.15) is 6.92 Å². The lowest BCUT2D eigenvalue weighted by Crippen LogP contribution is -2.07. The average molecular weight is 310 g/mol. The van der Waals surface area contributed by atoms with E-state index in [9.17, 15) is 9.59 Å². The van der Waals surface area contributed by atoms with Crippen LogP contribution in [-0.4, -0.2) is 27.1 Å². The second-order valence-corrected chi connectivity index (χ2v) is 5.04. The topological polar surface area (TPSA) is 107 Å². The Balaban J connectivity index is 1.97. The average Bonchev–Trinajstić information content (AvgIpc) is 2.89. The number of carbonyl (C=O) groups excluding carboxylic acids is 1. The smallest absolute Gasteiger partial charge is 0.409 e. The predicted octanol–water partition coefficient (Wildman–Crippen LogP) is 3.28. The zero-order chi connectivity index (χ0) is 16.4. The van der Waals surface area contributed by atoms with E-state index >= 15 is 0 Å². The number of H-pyrrole nitrogens is 1. The molecule has 2 aromatic heterocycles. The van der Waals surface area contributed by atoms with Crippen LogP contribution < -0.4 is 10.6 Å². The second-order valence-electron chi connectivity index (χ2n) is 5.04. The van der Waals surface area contributed by atoms with E-state index < -0.39 is 6.09 Å². The molecule has 0 unspecified atom stereocenters. The molecule has 7 nitrogen and oxygen atoms in total. The molecule has 0 bridgehead atoms. The molecule has 0 aliphatic carbocycles. The summed E-state index contributed by atoms with van der Waals surface area (Å²) < 4.78 is 0. The minimum atomic E-state index is -1.13. The third kappa shape index (κ3) is 3.29. The van der Waals surface area contributed by atoms with E-state index in [2.05, 4.69) is 20.6 Å². The molecule has 0 aliphatic rings. The van der Waals surface area contributed by atoms with Gasteiger partial charge >= 0.3 is 6.09 Å². The monoisotopic (exact) mass is 310 g/mol. The summed E-state index contributed by atoms with van der Waals surface area (Å²) in [7, 11) is 0. The predicted molar refractivity (Wildman–Crippen MR) is 87.5 cm³/mol. The summed E-state index contributed by atoms with van der Waals surface area (Å²) in [6.45, 7) is 1.45. The van der Waals surface area contributed by atoms with Gasteiger partial charge in [-0.25, -0.2) is 9.78 Å². The zero-order valence-electron chi connectivity index (χ0n) is 12.3. The lowest BCUT2D eigenvalue weighted by atomic mass is 10.1. The SMILES string of the molecule is CC(=O)Nc1cccc(-c2cc3cc(NC(=O)O)cnc3[nH]2)c1. The summed E-state index contributed by atoms with van der Waals surface area (Å²) in [5.74, 6) is -0.134. The number of fused-ring (bicyclic) bond motifs is 1. The third-order valence-electron chi connectivity index (χ3n) is 3.22. The molecule has 0 radical (unpaired) electrons. The number of pyridine rings is 1. The zero-order valence-corrected chi connectivity index (χ0v) is 12.3. The van der Waals surface area contributed by atoms with Crippen LogP contribution >= 0.6 is 0 Å². The van der Waals surface area contributed by atoms with Crippen LogP contribution in [0.15, 0.2) is 42.6 Å². The van der Waals surface area contributed by atoms with Crippen molar-refractivity contribution in [2.75, 3.05) is 10.6 Å². The minimum absolute atomic E-state index is 0.134. The van der Waals surface area contributed by atoms with Gasteiger partial charge in [-0.2, -0.15) is 0 Å². The van der Waals surface area contributed by atoms with Crippen molar-refractivity contribution in [3.63, 3.8) is 0 Å². The maximum absolute atomic E-state index is 11.1. The first-order valence-corrected chi connectivity index (χ1v) is 6.88. The number of aromatic nitrogens is 2. The quantitative estimate of drug-likeness (QED) is 0.595. The molecule has 3 aromatic rings. The molecular formula is C16H14N4O3. The highest BCUT2D eigenvalue weighted by Crippen LogP contribution is 2.26. The highest BCUT2D eigenvalue weighted by Gasteiger charge is 2.07. The van der Waals surface area contributed by atoms with Crippen LogP contribution in [-0.2, 0) is 4.79 Å². The summed E-state index contributed by atoms with van der Waals surface area (Å²) in [6, 6.07) is 11.0. The fourth-order valence-corrected chi connectivity index (χ4v) is 2.33. The first-order valence-electron chi connectivity index (χ1n) is 6.88. The number of nitrogens with one attached hydrogen (secondary N) is 3.